The van der Waals surface area contributed by atoms with E-state index in [1.165, 1.54) is 37.4 Å². The van der Waals surface area contributed by atoms with Gasteiger partial charge >= 0.3 is 0 Å². The van der Waals surface area contributed by atoms with Crippen molar-refractivity contribution in [2.75, 3.05) is 18.4 Å². The van der Waals surface area contributed by atoms with Crippen LogP contribution in [0.4, 0.5) is 5.69 Å². The minimum absolute atomic E-state index is 0.0373. The Kier molecular flexibility index (Phi) is 4.14. The maximum absolute atomic E-state index is 12.6. The Morgan fingerprint density at radius 2 is 1.92 bits per heavy atom. The Labute approximate surface area is 147 Å². The predicted octanol–water partition coefficient (Wildman–Crippen LogP) is 3.83. The monoisotopic (exact) mass is 334 g/mol. The van der Waals surface area contributed by atoms with E-state index < -0.39 is 0 Å². The quantitative estimate of drug-likeness (QED) is 0.868. The van der Waals surface area contributed by atoms with E-state index in [1.807, 2.05) is 6.07 Å². The molecule has 1 saturated heterocycles. The largest absolute Gasteiger partial charge is 0.322 e. The molecular weight excluding hydrogens is 312 g/mol. The van der Waals surface area contributed by atoms with Gasteiger partial charge in [0.1, 0.15) is 0 Å². The molecule has 0 saturated carbocycles. The number of carbonyl (C=O) groups excluding carboxylic acids is 2. The van der Waals surface area contributed by atoms with E-state index >= 15 is 0 Å². The van der Waals surface area contributed by atoms with Crippen molar-refractivity contribution in [1.82, 2.24) is 4.90 Å². The topological polar surface area (TPSA) is 49.4 Å². The summed E-state index contributed by atoms with van der Waals surface area (Å²) in [5, 5.41) is 2.99. The maximum atomic E-state index is 12.6. The van der Waals surface area contributed by atoms with Gasteiger partial charge in [0, 0.05) is 29.4 Å². The second kappa shape index (κ2) is 6.45. The Hall–Kier alpha value is -2.46. The summed E-state index contributed by atoms with van der Waals surface area (Å²) in [5.41, 5.74) is 4.65. The van der Waals surface area contributed by atoms with Gasteiger partial charge in [-0.2, -0.15) is 0 Å². The summed E-state index contributed by atoms with van der Waals surface area (Å²) >= 11 is 0. The number of hydrogen-bond donors (Lipinski definition) is 1. The predicted molar refractivity (Wildman–Crippen MR) is 98.1 cm³/mol. The van der Waals surface area contributed by atoms with Crippen LogP contribution in [0.1, 0.15) is 57.7 Å². The summed E-state index contributed by atoms with van der Waals surface area (Å²) in [6, 6.07) is 13.6. The molecule has 1 atom stereocenters. The maximum Gasteiger partial charge on any atom is 0.255 e. The van der Waals surface area contributed by atoms with Crippen molar-refractivity contribution < 1.29 is 9.59 Å². The van der Waals surface area contributed by atoms with E-state index in [1.54, 1.807) is 24.3 Å². The third-order valence-electron chi connectivity index (χ3n) is 5.33. The van der Waals surface area contributed by atoms with Crippen LogP contribution in [0.2, 0.25) is 0 Å². The fraction of sp³-hybridized carbons (Fsp3) is 0.333. The number of nitrogens with one attached hydrogen (secondary N) is 1. The highest BCUT2D eigenvalue weighted by Crippen LogP contribution is 2.38. The lowest BCUT2D eigenvalue weighted by atomic mass is 9.92. The van der Waals surface area contributed by atoms with Crippen LogP contribution >= 0.6 is 0 Å². The molecule has 2 aromatic carbocycles. The molecule has 128 valence electrons. The molecule has 25 heavy (non-hydrogen) atoms. The highest BCUT2D eigenvalue weighted by atomic mass is 16.1. The Morgan fingerprint density at radius 1 is 1.08 bits per heavy atom. The van der Waals surface area contributed by atoms with Crippen molar-refractivity contribution in [2.45, 2.75) is 32.2 Å². The molecule has 0 bridgehead atoms. The lowest BCUT2D eigenvalue weighted by Crippen LogP contribution is -2.31. The van der Waals surface area contributed by atoms with Crippen molar-refractivity contribution in [3.8, 4) is 0 Å². The van der Waals surface area contributed by atoms with Gasteiger partial charge < -0.3 is 5.32 Å². The molecule has 0 radical (unpaired) electrons. The van der Waals surface area contributed by atoms with Crippen molar-refractivity contribution in [2.24, 2.45) is 0 Å². The SMILES string of the molecule is CC(=O)c1cccc(C(=O)Nc2ccc3c(c2)C2CCCN2CC3)c1. The molecule has 1 N–H and O–H groups in total. The van der Waals surface area contributed by atoms with Crippen molar-refractivity contribution in [1.29, 1.82) is 0 Å². The van der Waals surface area contributed by atoms with E-state index in [9.17, 15) is 9.59 Å². The lowest BCUT2D eigenvalue weighted by Gasteiger charge is -2.32. The number of amides is 1. The van der Waals surface area contributed by atoms with Gasteiger partial charge in [-0.05, 0) is 68.1 Å². The van der Waals surface area contributed by atoms with Gasteiger partial charge in [0.05, 0.1) is 0 Å². The zero-order valence-electron chi connectivity index (χ0n) is 14.4. The summed E-state index contributed by atoms with van der Waals surface area (Å²) in [4.78, 5) is 26.6. The summed E-state index contributed by atoms with van der Waals surface area (Å²) in [7, 11) is 0. The molecule has 1 amide bonds. The average molecular weight is 334 g/mol. The minimum atomic E-state index is -0.179. The van der Waals surface area contributed by atoms with Crippen LogP contribution in [0.25, 0.3) is 0 Å². The Morgan fingerprint density at radius 3 is 2.76 bits per heavy atom. The second-order valence-electron chi connectivity index (χ2n) is 6.95. The second-order valence-corrected chi connectivity index (χ2v) is 6.95. The molecule has 2 aromatic rings. The van der Waals surface area contributed by atoms with Gasteiger partial charge in [-0.25, -0.2) is 0 Å². The van der Waals surface area contributed by atoms with Crippen LogP contribution in [0, 0.1) is 0 Å². The summed E-state index contributed by atoms with van der Waals surface area (Å²) in [6.45, 7) is 3.83. The minimum Gasteiger partial charge on any atom is -0.322 e. The average Bonchev–Trinajstić information content (AvgIpc) is 3.11. The Bertz CT molecular complexity index is 844. The molecular formula is C21H22N2O2. The van der Waals surface area contributed by atoms with Crippen LogP contribution in [-0.2, 0) is 6.42 Å². The normalized spacial score (nSPS) is 19.2. The molecule has 2 heterocycles. The molecule has 0 aromatic heterocycles. The van der Waals surface area contributed by atoms with Crippen molar-refractivity contribution in [3.63, 3.8) is 0 Å². The molecule has 1 unspecified atom stereocenters. The summed E-state index contributed by atoms with van der Waals surface area (Å²) in [6.07, 6.45) is 3.53. The molecule has 0 aliphatic carbocycles. The fourth-order valence-electron chi connectivity index (χ4n) is 4.00. The van der Waals surface area contributed by atoms with Crippen LogP contribution in [0.3, 0.4) is 0 Å². The highest BCUT2D eigenvalue weighted by Gasteiger charge is 2.31. The number of anilines is 1. The van der Waals surface area contributed by atoms with Crippen molar-refractivity contribution in [3.05, 3.63) is 64.7 Å². The van der Waals surface area contributed by atoms with Crippen LogP contribution in [0.15, 0.2) is 42.5 Å². The number of Topliss-reactive ketones (excluding diaryl/α,β-unsaturated/α-hetero) is 1. The summed E-state index contributed by atoms with van der Waals surface area (Å²) in [5.74, 6) is -0.216. The van der Waals surface area contributed by atoms with Gasteiger partial charge in [0.2, 0.25) is 0 Å². The highest BCUT2D eigenvalue weighted by molar-refractivity contribution is 6.06. The van der Waals surface area contributed by atoms with E-state index in [2.05, 4.69) is 22.3 Å². The van der Waals surface area contributed by atoms with E-state index in [0.29, 0.717) is 17.2 Å². The van der Waals surface area contributed by atoms with Crippen LogP contribution in [-0.4, -0.2) is 29.7 Å². The first kappa shape index (κ1) is 16.0. The first-order valence-electron chi connectivity index (χ1n) is 8.91. The van der Waals surface area contributed by atoms with Gasteiger partial charge in [0.15, 0.2) is 5.78 Å². The first-order valence-corrected chi connectivity index (χ1v) is 8.91. The van der Waals surface area contributed by atoms with E-state index in [-0.39, 0.29) is 11.7 Å². The number of benzene rings is 2. The van der Waals surface area contributed by atoms with Gasteiger partial charge in [-0.15, -0.1) is 0 Å². The first-order chi connectivity index (χ1) is 12.1. The zero-order chi connectivity index (χ0) is 17.4. The number of carbonyl (C=O) groups is 2. The molecule has 4 rings (SSSR count). The third-order valence-corrected chi connectivity index (χ3v) is 5.33. The van der Waals surface area contributed by atoms with Crippen LogP contribution < -0.4 is 5.32 Å². The molecule has 4 nitrogen and oxygen atoms in total. The number of nitrogens with zero attached hydrogens (tertiary/aromatic N) is 1. The van der Waals surface area contributed by atoms with Gasteiger partial charge in [-0.1, -0.05) is 18.2 Å². The zero-order valence-corrected chi connectivity index (χ0v) is 14.4. The third kappa shape index (κ3) is 3.10. The number of ketones is 1. The van der Waals surface area contributed by atoms with Crippen LogP contribution in [0.5, 0.6) is 0 Å². The van der Waals surface area contributed by atoms with Gasteiger partial charge in [0.25, 0.3) is 5.91 Å². The van der Waals surface area contributed by atoms with Crippen molar-refractivity contribution >= 4 is 17.4 Å². The van der Waals surface area contributed by atoms with E-state index in [0.717, 1.165) is 18.7 Å². The molecule has 4 heteroatoms. The summed E-state index contributed by atoms with van der Waals surface area (Å²) < 4.78 is 0. The Balaban J connectivity index is 1.57. The smallest absolute Gasteiger partial charge is 0.255 e. The molecule has 1 fully saturated rings. The van der Waals surface area contributed by atoms with E-state index in [4.69, 9.17) is 0 Å². The molecule has 2 aliphatic rings. The van der Waals surface area contributed by atoms with Gasteiger partial charge in [-0.3, -0.25) is 14.5 Å². The number of rotatable bonds is 3. The standard InChI is InChI=1S/C21H22N2O2/c1-14(24)16-4-2-5-17(12-16)21(25)22-18-8-7-15-9-11-23-10-3-6-20(23)19(15)13-18/h2,4-5,7-8,12-13,20H,3,6,9-11H2,1H3,(H,22,25). The molecule has 2 aliphatic heterocycles. The lowest BCUT2D eigenvalue weighted by molar-refractivity contribution is 0.101. The fourth-order valence-corrected chi connectivity index (χ4v) is 4.00. The number of hydrogen-bond acceptors (Lipinski definition) is 3. The molecule has 0 spiro atoms. The number of fused-ring (bicyclic) bond motifs is 3.